The second kappa shape index (κ2) is 12.9. The molecule has 3 N–H and O–H groups in total. The van der Waals surface area contributed by atoms with Gasteiger partial charge in [-0.05, 0) is 80.9 Å². The van der Waals surface area contributed by atoms with Crippen LogP contribution in [0.4, 0.5) is 10.6 Å². The summed E-state index contributed by atoms with van der Waals surface area (Å²) in [5, 5.41) is 3.65. The zero-order valence-corrected chi connectivity index (χ0v) is 23.3. The van der Waals surface area contributed by atoms with Crippen molar-refractivity contribution < 1.29 is 23.8 Å². The number of hydrogen-bond donors (Lipinski definition) is 2. The summed E-state index contributed by atoms with van der Waals surface area (Å²) in [6.45, 7) is 3.26. The molecule has 5 rings (SSSR count). The first-order chi connectivity index (χ1) is 19.9. The molecular formula is C31H35N5O5. The number of anilines is 1. The minimum Gasteiger partial charge on any atom is -0.457 e. The predicted octanol–water partition coefficient (Wildman–Crippen LogP) is 4.98. The highest BCUT2D eigenvalue weighted by atomic mass is 16.5. The zero-order chi connectivity index (χ0) is 28.8. The zero-order valence-electron chi connectivity index (χ0n) is 23.3. The summed E-state index contributed by atoms with van der Waals surface area (Å²) >= 11 is 0. The van der Waals surface area contributed by atoms with Gasteiger partial charge in [0.05, 0.1) is 25.3 Å². The number of nitrogens with one attached hydrogen (secondary N) is 1. The van der Waals surface area contributed by atoms with E-state index in [1.54, 1.807) is 37.7 Å². The van der Waals surface area contributed by atoms with Crippen LogP contribution in [-0.4, -0.2) is 66.9 Å². The molecule has 1 aliphatic heterocycles. The van der Waals surface area contributed by atoms with Crippen LogP contribution >= 0.6 is 0 Å². The average Bonchev–Trinajstić information content (AvgIpc) is 3.39. The Bertz CT molecular complexity index is 1510. The Morgan fingerprint density at radius 1 is 1.05 bits per heavy atom. The number of benzene rings is 2. The van der Waals surface area contributed by atoms with Gasteiger partial charge in [0.25, 0.3) is 5.91 Å². The van der Waals surface area contributed by atoms with Crippen LogP contribution in [-0.2, 0) is 16.1 Å². The van der Waals surface area contributed by atoms with Gasteiger partial charge in [-0.3, -0.25) is 9.36 Å². The molecule has 0 bridgehead atoms. The number of nitrogens with two attached hydrogens (primary N) is 1. The minimum absolute atomic E-state index is 0.237. The molecule has 41 heavy (non-hydrogen) atoms. The monoisotopic (exact) mass is 557 g/mol. The van der Waals surface area contributed by atoms with E-state index < -0.39 is 6.03 Å². The molecule has 1 aliphatic rings. The third-order valence-corrected chi connectivity index (χ3v) is 7.36. The van der Waals surface area contributed by atoms with E-state index in [0.717, 1.165) is 36.9 Å². The van der Waals surface area contributed by atoms with E-state index in [-0.39, 0.29) is 12.5 Å². The van der Waals surface area contributed by atoms with Gasteiger partial charge in [-0.1, -0.05) is 12.1 Å². The Morgan fingerprint density at radius 3 is 2.56 bits per heavy atom. The van der Waals surface area contributed by atoms with Gasteiger partial charge in [-0.15, -0.1) is 0 Å². The van der Waals surface area contributed by atoms with Gasteiger partial charge in [0, 0.05) is 42.1 Å². The second-order valence-corrected chi connectivity index (χ2v) is 10.2. The Balaban J connectivity index is 1.30. The first-order valence-corrected chi connectivity index (χ1v) is 13.7. The molecule has 0 atom stereocenters. The quantitative estimate of drug-likeness (QED) is 0.264. The van der Waals surface area contributed by atoms with Crippen LogP contribution < -0.4 is 15.8 Å². The van der Waals surface area contributed by atoms with Crippen LogP contribution in [0, 0.1) is 0 Å². The number of rotatable bonds is 10. The molecule has 4 aromatic rings. The van der Waals surface area contributed by atoms with Crippen molar-refractivity contribution in [3.05, 3.63) is 83.7 Å². The lowest BCUT2D eigenvalue weighted by Gasteiger charge is -2.29. The van der Waals surface area contributed by atoms with E-state index in [1.165, 1.54) is 10.1 Å². The lowest BCUT2D eigenvalue weighted by Crippen LogP contribution is -2.29. The smallest absolute Gasteiger partial charge is 0.323 e. The Morgan fingerprint density at radius 2 is 1.83 bits per heavy atom. The predicted molar refractivity (Wildman–Crippen MR) is 157 cm³/mol. The number of nitrogens with zero attached hydrogens (tertiary/aromatic N) is 3. The van der Waals surface area contributed by atoms with Gasteiger partial charge < -0.3 is 30.2 Å². The molecule has 0 radical (unpaired) electrons. The molecule has 2 aromatic carbocycles. The molecule has 0 aliphatic carbocycles. The van der Waals surface area contributed by atoms with Crippen LogP contribution in [0.5, 0.6) is 11.5 Å². The van der Waals surface area contributed by atoms with Gasteiger partial charge >= 0.3 is 6.03 Å². The Hall–Kier alpha value is -4.25. The van der Waals surface area contributed by atoms with Crippen molar-refractivity contribution in [2.75, 3.05) is 45.8 Å². The second-order valence-electron chi connectivity index (χ2n) is 10.2. The number of aromatic nitrogens is 2. The maximum absolute atomic E-state index is 13.0. The molecular weight excluding hydrogens is 522 g/mol. The highest BCUT2D eigenvalue weighted by Crippen LogP contribution is 2.32. The fourth-order valence-electron chi connectivity index (χ4n) is 5.04. The fraction of sp³-hybridized carbons (Fsp3) is 0.323. The lowest BCUT2D eigenvalue weighted by atomic mass is 9.89. The SMILES string of the molecule is COCCOCc1cc2c(ccn2C(N)=O)cc1Oc1ccnc(NC(=O)c2ccc(C3CCN(C)CC3)cc2)c1. The van der Waals surface area contributed by atoms with Crippen LogP contribution in [0.25, 0.3) is 10.9 Å². The molecule has 214 valence electrons. The molecule has 1 saturated heterocycles. The molecule has 3 heterocycles. The molecule has 2 aromatic heterocycles. The summed E-state index contributed by atoms with van der Waals surface area (Å²) in [6, 6.07) is 16.1. The maximum Gasteiger partial charge on any atom is 0.323 e. The number of methoxy groups -OCH3 is 1. The lowest BCUT2D eigenvalue weighted by molar-refractivity contribution is 0.0610. The largest absolute Gasteiger partial charge is 0.457 e. The van der Waals surface area contributed by atoms with E-state index in [9.17, 15) is 9.59 Å². The van der Waals surface area contributed by atoms with Gasteiger partial charge in [0.2, 0.25) is 0 Å². The van der Waals surface area contributed by atoms with Crippen LogP contribution in [0.2, 0.25) is 0 Å². The highest BCUT2D eigenvalue weighted by molar-refractivity contribution is 6.03. The molecule has 10 heteroatoms. The van der Waals surface area contributed by atoms with Gasteiger partial charge in [-0.2, -0.15) is 0 Å². The van der Waals surface area contributed by atoms with Crippen molar-refractivity contribution in [3.8, 4) is 11.5 Å². The Labute approximate surface area is 239 Å². The number of pyridine rings is 1. The normalized spacial score (nSPS) is 14.3. The highest BCUT2D eigenvalue weighted by Gasteiger charge is 2.19. The van der Waals surface area contributed by atoms with Crippen LogP contribution in [0.3, 0.4) is 0 Å². The van der Waals surface area contributed by atoms with Crippen molar-refractivity contribution in [1.82, 2.24) is 14.5 Å². The van der Waals surface area contributed by atoms with E-state index in [4.69, 9.17) is 19.9 Å². The molecule has 10 nitrogen and oxygen atoms in total. The number of fused-ring (bicyclic) bond motifs is 1. The number of likely N-dealkylation sites (tertiary alicyclic amines) is 1. The topological polar surface area (TPSA) is 121 Å². The molecule has 0 spiro atoms. The van der Waals surface area contributed by atoms with Crippen molar-refractivity contribution in [2.45, 2.75) is 25.4 Å². The number of hydrogen-bond acceptors (Lipinski definition) is 7. The van der Waals surface area contributed by atoms with Crippen LogP contribution in [0.15, 0.2) is 67.0 Å². The number of amides is 2. The van der Waals surface area contributed by atoms with Gasteiger partial charge in [0.1, 0.15) is 17.3 Å². The number of ether oxygens (including phenoxy) is 3. The van der Waals surface area contributed by atoms with Crippen molar-refractivity contribution in [3.63, 3.8) is 0 Å². The summed E-state index contributed by atoms with van der Waals surface area (Å²) in [5.41, 5.74) is 8.73. The molecule has 0 unspecified atom stereocenters. The number of carbonyl (C=O) groups excluding carboxylic acids is 2. The molecule has 1 fully saturated rings. The van der Waals surface area contributed by atoms with E-state index in [2.05, 4.69) is 34.4 Å². The van der Waals surface area contributed by atoms with Gasteiger partial charge in [-0.25, -0.2) is 9.78 Å². The molecule has 0 saturated carbocycles. The first-order valence-electron chi connectivity index (χ1n) is 13.7. The van der Waals surface area contributed by atoms with Crippen molar-refractivity contribution >= 4 is 28.7 Å². The first kappa shape index (κ1) is 28.3. The third kappa shape index (κ3) is 6.91. The fourth-order valence-corrected chi connectivity index (χ4v) is 5.04. The standard InChI is InChI=1S/C31H35N5O5/c1-35-12-8-22(9-13-35)21-3-5-23(6-4-21)30(37)34-29-19-26(7-11-33-29)41-28-18-24-10-14-36(31(32)38)27(24)17-25(28)20-40-16-15-39-2/h3-7,10-11,14,17-19,22H,8-9,12-13,15-16,20H2,1-2H3,(H2,32,38)(H,33,34,37). The van der Waals surface area contributed by atoms with Crippen molar-refractivity contribution in [2.24, 2.45) is 5.73 Å². The number of primary amides is 1. The van der Waals surface area contributed by atoms with Crippen LogP contribution in [0.1, 0.15) is 40.2 Å². The van der Waals surface area contributed by atoms with E-state index >= 15 is 0 Å². The van der Waals surface area contributed by atoms with Gasteiger partial charge in [0.15, 0.2) is 0 Å². The molecule has 2 amide bonds. The maximum atomic E-state index is 13.0. The summed E-state index contributed by atoms with van der Waals surface area (Å²) in [5.74, 6) is 1.68. The van der Waals surface area contributed by atoms with E-state index in [1.807, 2.05) is 24.3 Å². The average molecular weight is 558 g/mol. The summed E-state index contributed by atoms with van der Waals surface area (Å²) in [6.07, 6.45) is 5.45. The summed E-state index contributed by atoms with van der Waals surface area (Å²) < 4.78 is 18.4. The summed E-state index contributed by atoms with van der Waals surface area (Å²) in [7, 11) is 3.76. The van der Waals surface area contributed by atoms with E-state index in [0.29, 0.717) is 47.5 Å². The Kier molecular flexibility index (Phi) is 8.93. The third-order valence-electron chi connectivity index (χ3n) is 7.36. The summed E-state index contributed by atoms with van der Waals surface area (Å²) in [4.78, 5) is 31.5. The van der Waals surface area contributed by atoms with Crippen molar-refractivity contribution in [1.29, 1.82) is 0 Å². The number of carbonyl (C=O) groups is 2. The minimum atomic E-state index is -0.578. The number of piperidine rings is 1.